The molecule has 0 amide bonds. The molecule has 0 atom stereocenters. The number of hydrogen-bond donors (Lipinski definition) is 3. The van der Waals surface area contributed by atoms with Gasteiger partial charge in [0.25, 0.3) is 5.78 Å². The van der Waals surface area contributed by atoms with E-state index in [1.807, 2.05) is 0 Å². The monoisotopic (exact) mass is 200 g/mol. The quantitative estimate of drug-likeness (QED) is 0.251. The summed E-state index contributed by atoms with van der Waals surface area (Å²) in [5.74, 6) is -4.03. The lowest BCUT2D eigenvalue weighted by Crippen LogP contribution is -2.08. The first-order valence-corrected chi connectivity index (χ1v) is 3.47. The van der Waals surface area contributed by atoms with Crippen molar-refractivity contribution in [1.82, 2.24) is 0 Å². The zero-order chi connectivity index (χ0) is 11.1. The van der Waals surface area contributed by atoms with Crippen molar-refractivity contribution in [1.29, 1.82) is 0 Å². The number of aliphatic hydroxyl groups is 1. The Morgan fingerprint density at radius 3 is 2.00 bits per heavy atom. The fourth-order valence-electron chi connectivity index (χ4n) is 0.576. The number of ketones is 1. The highest BCUT2D eigenvalue weighted by Gasteiger charge is 2.07. The van der Waals surface area contributed by atoms with Gasteiger partial charge in [0.05, 0.1) is 12.7 Å². The number of carbonyl (C=O) groups excluding carboxylic acids is 1. The summed E-state index contributed by atoms with van der Waals surface area (Å²) in [7, 11) is 0. The summed E-state index contributed by atoms with van der Waals surface area (Å²) >= 11 is 0. The molecule has 6 heteroatoms. The molecule has 76 valence electrons. The molecule has 3 N–H and O–H groups in total. The van der Waals surface area contributed by atoms with Gasteiger partial charge in [-0.25, -0.2) is 4.79 Å². The van der Waals surface area contributed by atoms with Gasteiger partial charge in [0.1, 0.15) is 0 Å². The fourth-order valence-corrected chi connectivity index (χ4v) is 0.576. The predicted molar refractivity (Wildman–Crippen MR) is 44.7 cm³/mol. The van der Waals surface area contributed by atoms with Gasteiger partial charge in [-0.15, -0.1) is 0 Å². The van der Waals surface area contributed by atoms with Crippen LogP contribution >= 0.6 is 0 Å². The summed E-state index contributed by atoms with van der Waals surface area (Å²) in [6.07, 6.45) is 1.62. The molecule has 0 aromatic rings. The van der Waals surface area contributed by atoms with Gasteiger partial charge < -0.3 is 15.3 Å². The lowest BCUT2D eigenvalue weighted by Gasteiger charge is -1.93. The van der Waals surface area contributed by atoms with E-state index in [0.29, 0.717) is 12.3 Å². The number of carbonyl (C=O) groups is 3. The third kappa shape index (κ3) is 4.70. The van der Waals surface area contributed by atoms with Crippen molar-refractivity contribution in [2.75, 3.05) is 0 Å². The highest BCUT2D eigenvalue weighted by molar-refractivity contribution is 6.37. The molecule has 0 radical (unpaired) electrons. The van der Waals surface area contributed by atoms with Crippen LogP contribution in [-0.4, -0.2) is 33.0 Å². The van der Waals surface area contributed by atoms with Crippen LogP contribution in [0.2, 0.25) is 0 Å². The third-order valence-electron chi connectivity index (χ3n) is 1.18. The van der Waals surface area contributed by atoms with E-state index in [-0.39, 0.29) is 5.57 Å². The van der Waals surface area contributed by atoms with Gasteiger partial charge in [0, 0.05) is 0 Å². The molecule has 0 heterocycles. The van der Waals surface area contributed by atoms with Gasteiger partial charge in [-0.3, -0.25) is 9.59 Å². The van der Waals surface area contributed by atoms with Crippen molar-refractivity contribution in [3.05, 3.63) is 24.0 Å². The Bertz CT molecular complexity index is 312. The summed E-state index contributed by atoms with van der Waals surface area (Å²) in [4.78, 5) is 30.7. The van der Waals surface area contributed by atoms with E-state index >= 15 is 0 Å². The Hall–Kier alpha value is -2.11. The van der Waals surface area contributed by atoms with Crippen LogP contribution in [-0.2, 0) is 14.4 Å². The second-order valence-corrected chi connectivity index (χ2v) is 2.28. The Balaban J connectivity index is 4.41. The minimum atomic E-state index is -1.64. The van der Waals surface area contributed by atoms with Gasteiger partial charge >= 0.3 is 11.9 Å². The van der Waals surface area contributed by atoms with E-state index in [4.69, 9.17) is 15.3 Å². The normalized spacial score (nSPS) is 11.6. The zero-order valence-corrected chi connectivity index (χ0v) is 7.01. The number of allylic oxidation sites excluding steroid dienone is 1. The molecule has 6 nitrogen and oxygen atoms in total. The molecule has 0 aromatic heterocycles. The number of aliphatic hydroxyl groups excluding tert-OH is 1. The Kier molecular flexibility index (Phi) is 4.69. The van der Waals surface area contributed by atoms with Crippen molar-refractivity contribution >= 4 is 17.7 Å². The highest BCUT2D eigenvalue weighted by Crippen LogP contribution is 2.02. The van der Waals surface area contributed by atoms with Gasteiger partial charge in [-0.1, -0.05) is 6.08 Å². The smallest absolute Gasteiger partial charge is 0.376 e. The highest BCUT2D eigenvalue weighted by atomic mass is 16.4. The molecule has 0 fully saturated rings. The lowest BCUT2D eigenvalue weighted by atomic mass is 10.2. The van der Waals surface area contributed by atoms with E-state index in [1.165, 1.54) is 0 Å². The average Bonchev–Trinajstić information content (AvgIpc) is 2.10. The van der Waals surface area contributed by atoms with Gasteiger partial charge in [0.2, 0.25) is 0 Å². The Morgan fingerprint density at radius 2 is 1.64 bits per heavy atom. The largest absolute Gasteiger partial charge is 0.515 e. The first-order chi connectivity index (χ1) is 6.47. The maximum Gasteiger partial charge on any atom is 0.376 e. The molecule has 0 aromatic carbocycles. The Morgan fingerprint density at radius 1 is 1.07 bits per heavy atom. The number of carboxylic acids is 2. The third-order valence-corrected chi connectivity index (χ3v) is 1.18. The van der Waals surface area contributed by atoms with Crippen LogP contribution < -0.4 is 0 Å². The van der Waals surface area contributed by atoms with Crippen LogP contribution in [0.15, 0.2) is 24.0 Å². The number of carboxylic acid groups (broad SMARTS) is 2. The van der Waals surface area contributed by atoms with Crippen LogP contribution in [0.4, 0.5) is 0 Å². The van der Waals surface area contributed by atoms with Gasteiger partial charge in [0.15, 0.2) is 0 Å². The average molecular weight is 200 g/mol. The van der Waals surface area contributed by atoms with Gasteiger partial charge in [-0.05, 0) is 11.6 Å². The molecule has 0 saturated heterocycles. The Labute approximate surface area is 78.8 Å². The zero-order valence-electron chi connectivity index (χ0n) is 7.01. The van der Waals surface area contributed by atoms with E-state index in [1.54, 1.807) is 0 Å². The lowest BCUT2D eigenvalue weighted by molar-refractivity contribution is -0.146. The fraction of sp³-hybridized carbons (Fsp3) is 0.125. The van der Waals surface area contributed by atoms with E-state index in [9.17, 15) is 14.4 Å². The molecule has 0 aliphatic rings. The minimum absolute atomic E-state index is 0.0629. The van der Waals surface area contributed by atoms with E-state index < -0.39 is 24.1 Å². The van der Waals surface area contributed by atoms with Gasteiger partial charge in [-0.2, -0.15) is 0 Å². The molecule has 0 bridgehead atoms. The molecule has 0 spiro atoms. The second-order valence-electron chi connectivity index (χ2n) is 2.28. The molecule has 0 unspecified atom stereocenters. The summed E-state index contributed by atoms with van der Waals surface area (Å²) < 4.78 is 0. The standard InChI is InChI=1S/C8H8O6/c9-4-5(3-7(11)12)1-2-6(10)8(13)14/h1-2,4,9H,3H2,(H,11,12)(H,13,14)/b2-1?,5-4+. The van der Waals surface area contributed by atoms with E-state index in [0.717, 1.165) is 6.08 Å². The topological polar surface area (TPSA) is 112 Å². The van der Waals surface area contributed by atoms with Crippen LogP contribution in [0.1, 0.15) is 6.42 Å². The summed E-state index contributed by atoms with van der Waals surface area (Å²) in [6.45, 7) is 0. The van der Waals surface area contributed by atoms with Crippen LogP contribution in [0.25, 0.3) is 0 Å². The van der Waals surface area contributed by atoms with Crippen LogP contribution in [0.5, 0.6) is 0 Å². The molecule has 0 aliphatic heterocycles. The number of aliphatic carboxylic acids is 2. The molecule has 14 heavy (non-hydrogen) atoms. The number of hydrogen-bond acceptors (Lipinski definition) is 4. The number of rotatable bonds is 5. The van der Waals surface area contributed by atoms with Crippen molar-refractivity contribution in [2.45, 2.75) is 6.42 Å². The summed E-state index contributed by atoms with van der Waals surface area (Å²) in [6, 6.07) is 0. The first-order valence-electron chi connectivity index (χ1n) is 3.47. The van der Waals surface area contributed by atoms with Crippen LogP contribution in [0, 0.1) is 0 Å². The molecular formula is C8H8O6. The summed E-state index contributed by atoms with van der Waals surface area (Å²) in [5.41, 5.74) is -0.0629. The maximum atomic E-state index is 10.5. The first kappa shape index (κ1) is 11.9. The molecule has 0 aliphatic carbocycles. The SMILES string of the molecule is O=C(O)C/C(C=CC(=O)C(=O)O)=C/O. The minimum Gasteiger partial charge on any atom is -0.515 e. The molecular weight excluding hydrogens is 192 g/mol. The summed E-state index contributed by atoms with van der Waals surface area (Å²) in [5, 5.41) is 24.9. The van der Waals surface area contributed by atoms with Crippen molar-refractivity contribution < 1.29 is 29.7 Å². The maximum absolute atomic E-state index is 10.5. The predicted octanol–water partition coefficient (Wildman–Crippen LogP) is 0.113. The molecule has 0 saturated carbocycles. The van der Waals surface area contributed by atoms with Crippen molar-refractivity contribution in [3.63, 3.8) is 0 Å². The van der Waals surface area contributed by atoms with Crippen LogP contribution in [0.3, 0.4) is 0 Å². The van der Waals surface area contributed by atoms with Crippen molar-refractivity contribution in [2.24, 2.45) is 0 Å². The van der Waals surface area contributed by atoms with E-state index in [2.05, 4.69) is 0 Å². The second kappa shape index (κ2) is 5.52. The molecule has 0 rings (SSSR count). The van der Waals surface area contributed by atoms with Crippen molar-refractivity contribution in [3.8, 4) is 0 Å².